The van der Waals surface area contributed by atoms with Crippen molar-refractivity contribution in [1.29, 1.82) is 0 Å². The van der Waals surface area contributed by atoms with Crippen LogP contribution < -0.4 is 4.74 Å². The Kier molecular flexibility index (Phi) is 3.79. The first-order valence-electron chi connectivity index (χ1n) is 6.43. The second-order valence-electron chi connectivity index (χ2n) is 4.62. The Morgan fingerprint density at radius 2 is 2.05 bits per heavy atom. The van der Waals surface area contributed by atoms with Gasteiger partial charge in [0.2, 0.25) is 0 Å². The van der Waals surface area contributed by atoms with E-state index in [4.69, 9.17) is 9.84 Å². The molecular weight excluding hydrogens is 258 g/mol. The molecule has 1 heterocycles. The second-order valence-corrected chi connectivity index (χ2v) is 4.62. The highest BCUT2D eigenvalue weighted by Gasteiger charge is 2.20. The molecule has 0 atom stereocenters. The third-order valence-corrected chi connectivity index (χ3v) is 3.35. The molecule has 0 saturated carbocycles. The molecule has 106 valence electrons. The van der Waals surface area contributed by atoms with Gasteiger partial charge in [-0.2, -0.15) is 0 Å². The molecule has 0 radical (unpaired) electrons. The quantitative estimate of drug-likeness (QED) is 0.851. The maximum Gasteiger partial charge on any atom is 0.341 e. The van der Waals surface area contributed by atoms with Gasteiger partial charge in [0.1, 0.15) is 5.75 Å². The Labute approximate surface area is 116 Å². The van der Waals surface area contributed by atoms with Crippen molar-refractivity contribution in [2.24, 2.45) is 7.05 Å². The van der Waals surface area contributed by atoms with Crippen molar-refractivity contribution in [2.75, 3.05) is 6.61 Å². The van der Waals surface area contributed by atoms with Crippen LogP contribution >= 0.6 is 0 Å². The molecule has 2 aromatic rings. The van der Waals surface area contributed by atoms with Gasteiger partial charge in [0, 0.05) is 18.3 Å². The number of hydrogen-bond donors (Lipinski definition) is 1. The van der Waals surface area contributed by atoms with Gasteiger partial charge in [0.25, 0.3) is 0 Å². The van der Waals surface area contributed by atoms with Gasteiger partial charge in [-0.3, -0.25) is 4.79 Å². The summed E-state index contributed by atoms with van der Waals surface area (Å²) < 4.78 is 7.28. The number of rotatable bonds is 5. The number of carbonyl (C=O) groups is 2. The molecule has 1 aromatic carbocycles. The van der Waals surface area contributed by atoms with Gasteiger partial charge >= 0.3 is 5.97 Å². The lowest BCUT2D eigenvalue weighted by molar-refractivity contribution is -0.139. The average Bonchev–Trinajstić information content (AvgIpc) is 2.70. The molecule has 20 heavy (non-hydrogen) atoms. The van der Waals surface area contributed by atoms with Crippen molar-refractivity contribution in [3.8, 4) is 5.75 Å². The maximum absolute atomic E-state index is 12.0. The average molecular weight is 275 g/mol. The summed E-state index contributed by atoms with van der Waals surface area (Å²) in [4.78, 5) is 22.6. The minimum Gasteiger partial charge on any atom is -0.481 e. The number of carbonyl (C=O) groups excluding carboxylic acids is 1. The number of carboxylic acid groups (broad SMARTS) is 1. The van der Waals surface area contributed by atoms with Crippen LogP contribution in [0.2, 0.25) is 0 Å². The van der Waals surface area contributed by atoms with Gasteiger partial charge in [-0.05, 0) is 25.5 Å². The molecule has 5 heteroatoms. The molecule has 2 rings (SSSR count). The first-order chi connectivity index (χ1) is 9.47. The zero-order valence-electron chi connectivity index (χ0n) is 11.8. The standard InChI is InChI=1S/C15H17NO4/c1-4-10-14(9(2)17)15-11(16(10)3)6-5-7-12(15)20-8-13(18)19/h5-7H,4,8H2,1-3H3,(H,18,19). The Morgan fingerprint density at radius 1 is 1.35 bits per heavy atom. The topological polar surface area (TPSA) is 68.5 Å². The number of hydrogen-bond acceptors (Lipinski definition) is 3. The Morgan fingerprint density at radius 3 is 2.60 bits per heavy atom. The van der Waals surface area contributed by atoms with E-state index >= 15 is 0 Å². The van der Waals surface area contributed by atoms with E-state index in [9.17, 15) is 9.59 Å². The largest absolute Gasteiger partial charge is 0.481 e. The number of aromatic nitrogens is 1. The van der Waals surface area contributed by atoms with Crippen LogP contribution in [0.3, 0.4) is 0 Å². The number of nitrogens with zero attached hydrogens (tertiary/aromatic N) is 1. The molecule has 1 aromatic heterocycles. The summed E-state index contributed by atoms with van der Waals surface area (Å²) in [7, 11) is 1.90. The number of ketones is 1. The first kappa shape index (κ1) is 14.1. The molecule has 0 saturated heterocycles. The molecule has 0 unspecified atom stereocenters. The van der Waals surface area contributed by atoms with E-state index in [0.29, 0.717) is 16.7 Å². The van der Waals surface area contributed by atoms with Gasteiger partial charge in [0.05, 0.1) is 10.9 Å². The molecule has 0 fully saturated rings. The van der Waals surface area contributed by atoms with E-state index in [0.717, 1.165) is 17.6 Å². The van der Waals surface area contributed by atoms with E-state index in [1.165, 1.54) is 6.92 Å². The van der Waals surface area contributed by atoms with Crippen molar-refractivity contribution >= 4 is 22.7 Å². The zero-order chi connectivity index (χ0) is 14.9. The van der Waals surface area contributed by atoms with Crippen LogP contribution in [0.4, 0.5) is 0 Å². The van der Waals surface area contributed by atoms with E-state index in [1.807, 2.05) is 24.6 Å². The lowest BCUT2D eigenvalue weighted by atomic mass is 10.1. The predicted molar refractivity (Wildman–Crippen MR) is 75.4 cm³/mol. The van der Waals surface area contributed by atoms with Gasteiger partial charge in [-0.15, -0.1) is 0 Å². The fourth-order valence-corrected chi connectivity index (χ4v) is 2.56. The molecule has 5 nitrogen and oxygen atoms in total. The first-order valence-corrected chi connectivity index (χ1v) is 6.43. The summed E-state index contributed by atoms with van der Waals surface area (Å²) in [5, 5.41) is 9.43. The van der Waals surface area contributed by atoms with E-state index in [-0.39, 0.29) is 5.78 Å². The number of Topliss-reactive ketones (excluding diaryl/α,β-unsaturated/α-hetero) is 1. The molecule has 1 N–H and O–H groups in total. The number of aryl methyl sites for hydroxylation is 1. The van der Waals surface area contributed by atoms with Crippen molar-refractivity contribution in [3.63, 3.8) is 0 Å². The molecule has 0 bridgehead atoms. The van der Waals surface area contributed by atoms with Crippen LogP contribution in [0, 0.1) is 0 Å². The van der Waals surface area contributed by atoms with Crippen LogP contribution in [-0.4, -0.2) is 28.0 Å². The van der Waals surface area contributed by atoms with Crippen LogP contribution in [0.1, 0.15) is 29.9 Å². The minimum absolute atomic E-state index is 0.0428. The van der Waals surface area contributed by atoms with E-state index in [2.05, 4.69) is 0 Å². The van der Waals surface area contributed by atoms with Crippen molar-refractivity contribution in [3.05, 3.63) is 29.5 Å². The van der Waals surface area contributed by atoms with Crippen LogP contribution in [0.5, 0.6) is 5.75 Å². The lowest BCUT2D eigenvalue weighted by Crippen LogP contribution is -2.09. The van der Waals surface area contributed by atoms with E-state index in [1.54, 1.807) is 12.1 Å². The molecule has 0 spiro atoms. The third-order valence-electron chi connectivity index (χ3n) is 3.35. The molecule has 0 aliphatic rings. The molecule has 0 aliphatic heterocycles. The highest BCUT2D eigenvalue weighted by Crippen LogP contribution is 2.33. The van der Waals surface area contributed by atoms with Crippen LogP contribution in [0.15, 0.2) is 18.2 Å². The monoisotopic (exact) mass is 275 g/mol. The molecule has 0 amide bonds. The Bertz CT molecular complexity index is 685. The Hall–Kier alpha value is -2.30. The highest BCUT2D eigenvalue weighted by molar-refractivity contribution is 6.10. The number of aliphatic carboxylic acids is 1. The summed E-state index contributed by atoms with van der Waals surface area (Å²) in [5.74, 6) is -0.651. The summed E-state index contributed by atoms with van der Waals surface area (Å²) in [5.41, 5.74) is 2.42. The van der Waals surface area contributed by atoms with Gasteiger partial charge in [-0.25, -0.2) is 4.79 Å². The van der Waals surface area contributed by atoms with Crippen molar-refractivity contribution < 1.29 is 19.4 Å². The van der Waals surface area contributed by atoms with Crippen LogP contribution in [0.25, 0.3) is 10.9 Å². The summed E-state index contributed by atoms with van der Waals surface area (Å²) in [6, 6.07) is 5.38. The predicted octanol–water partition coefficient (Wildman–Crippen LogP) is 2.41. The van der Waals surface area contributed by atoms with E-state index < -0.39 is 12.6 Å². The maximum atomic E-state index is 12.0. The zero-order valence-corrected chi connectivity index (χ0v) is 11.8. The highest BCUT2D eigenvalue weighted by atomic mass is 16.5. The number of ether oxygens (including phenoxy) is 1. The minimum atomic E-state index is -1.04. The fourth-order valence-electron chi connectivity index (χ4n) is 2.56. The fraction of sp³-hybridized carbons (Fsp3) is 0.333. The summed E-state index contributed by atoms with van der Waals surface area (Å²) in [6.07, 6.45) is 0.721. The normalized spacial score (nSPS) is 10.8. The SMILES string of the molecule is CCc1c(C(C)=O)c2c(OCC(=O)O)cccc2n1C. The number of benzene rings is 1. The van der Waals surface area contributed by atoms with Crippen molar-refractivity contribution in [1.82, 2.24) is 4.57 Å². The number of carboxylic acids is 1. The van der Waals surface area contributed by atoms with Crippen molar-refractivity contribution in [2.45, 2.75) is 20.3 Å². The second kappa shape index (κ2) is 5.36. The summed E-state index contributed by atoms with van der Waals surface area (Å²) in [6.45, 7) is 3.08. The summed E-state index contributed by atoms with van der Waals surface area (Å²) >= 11 is 0. The lowest BCUT2D eigenvalue weighted by Gasteiger charge is -2.06. The third kappa shape index (κ3) is 2.27. The Balaban J connectivity index is 2.71. The van der Waals surface area contributed by atoms with Gasteiger partial charge in [-0.1, -0.05) is 13.0 Å². The molecule has 0 aliphatic carbocycles. The number of fused-ring (bicyclic) bond motifs is 1. The smallest absolute Gasteiger partial charge is 0.341 e. The van der Waals surface area contributed by atoms with Gasteiger partial charge < -0.3 is 14.4 Å². The van der Waals surface area contributed by atoms with Gasteiger partial charge in [0.15, 0.2) is 12.4 Å². The van der Waals surface area contributed by atoms with Crippen LogP contribution in [-0.2, 0) is 18.3 Å². The molecular formula is C15H17NO4.